The zero-order valence-corrected chi connectivity index (χ0v) is 50.3. The molecule has 3 aliphatic carbocycles. The summed E-state index contributed by atoms with van der Waals surface area (Å²) in [4.78, 5) is 126. The second kappa shape index (κ2) is 26.9. The van der Waals surface area contributed by atoms with E-state index in [1.165, 1.54) is 45.0 Å². The summed E-state index contributed by atoms with van der Waals surface area (Å²) in [6.07, 6.45) is -10.9. The minimum Gasteiger partial charge on any atom is -0.455 e. The molecule has 4 unspecified atom stereocenters. The average Bonchev–Trinajstić information content (AvgIpc) is 0.698. The number of rotatable bonds is 21. The van der Waals surface area contributed by atoms with Crippen LogP contribution in [0.25, 0.3) is 0 Å². The van der Waals surface area contributed by atoms with Crippen LogP contribution in [0.1, 0.15) is 116 Å². The van der Waals surface area contributed by atoms with Crippen LogP contribution in [0, 0.1) is 28.6 Å². The predicted octanol–water partition coefficient (Wildman–Crippen LogP) is 4.19. The van der Waals surface area contributed by atoms with Gasteiger partial charge in [0.25, 0.3) is 0 Å². The topological polar surface area (TPSA) is 321 Å². The van der Waals surface area contributed by atoms with Gasteiger partial charge in [0, 0.05) is 42.1 Å². The Hall–Kier alpha value is -7.79. The summed E-state index contributed by atoms with van der Waals surface area (Å²) in [5, 5.41) is 50.9. The fraction of sp³-hybridized carbons (Fsp3) is 0.516. The van der Waals surface area contributed by atoms with Gasteiger partial charge in [0.1, 0.15) is 54.2 Å². The van der Waals surface area contributed by atoms with Crippen molar-refractivity contribution in [3.8, 4) is 0 Å². The molecule has 0 spiro atoms. The molecule has 7 rings (SSSR count). The van der Waals surface area contributed by atoms with Crippen molar-refractivity contribution in [2.75, 3.05) is 19.7 Å². The molecule has 1 heterocycles. The van der Waals surface area contributed by atoms with Gasteiger partial charge in [0.15, 0.2) is 5.78 Å². The molecule has 3 aromatic carbocycles. The third-order valence-corrected chi connectivity index (χ3v) is 16.9. The molecule has 8 N–H and O–H groups in total. The summed E-state index contributed by atoms with van der Waals surface area (Å²) in [7, 11) is 0. The number of benzene rings is 3. The average molecular weight is 1190 g/mol. The highest BCUT2D eigenvalue weighted by Crippen LogP contribution is 2.62. The van der Waals surface area contributed by atoms with Gasteiger partial charge in [0.05, 0.1) is 36.3 Å². The van der Waals surface area contributed by atoms with Gasteiger partial charge in [-0.15, -0.1) is 0 Å². The van der Waals surface area contributed by atoms with Crippen molar-refractivity contribution in [3.05, 3.63) is 131 Å². The second-order valence-electron chi connectivity index (χ2n) is 25.0. The number of ether oxygens (including phenoxy) is 5. The first-order chi connectivity index (χ1) is 40.4. The molecule has 1 saturated heterocycles. The van der Waals surface area contributed by atoms with E-state index in [4.69, 9.17) is 23.7 Å². The van der Waals surface area contributed by atoms with Crippen molar-refractivity contribution in [2.24, 2.45) is 28.6 Å². The number of carbonyl (C=O) groups excluding carboxylic acids is 9. The summed E-state index contributed by atoms with van der Waals surface area (Å²) in [6, 6.07) is 20.4. The molecule has 2 bridgehead atoms. The second-order valence-corrected chi connectivity index (χ2v) is 25.0. The Balaban J connectivity index is 1.22. The zero-order valence-electron chi connectivity index (χ0n) is 50.3. The van der Waals surface area contributed by atoms with Crippen LogP contribution in [-0.4, -0.2) is 148 Å². The van der Waals surface area contributed by atoms with E-state index in [2.05, 4.69) is 33.2 Å². The first-order valence-electron chi connectivity index (χ1n) is 28.9. The number of alkyl carbamates (subject to hydrolysis) is 1. The van der Waals surface area contributed by atoms with Crippen LogP contribution >= 0.6 is 0 Å². The van der Waals surface area contributed by atoms with Crippen LogP contribution in [0.15, 0.2) is 114 Å². The first-order valence-corrected chi connectivity index (χ1v) is 28.9. The Morgan fingerprint density at radius 3 is 2.00 bits per heavy atom. The van der Waals surface area contributed by atoms with Crippen molar-refractivity contribution in [1.82, 2.24) is 26.6 Å². The molecule has 2 saturated carbocycles. The summed E-state index contributed by atoms with van der Waals surface area (Å²) in [5.74, 6) is -9.10. The quantitative estimate of drug-likeness (QED) is 0.0321. The standard InChI is InChI=1S/C64H81N5O17/c1-34(2)27-41(68-57(77)42(28-37-21-15-12-16-22-37)67-46(71)31-65-55(75)35(3)4)56(76)66-32-47(72)84-52(50(38-23-17-13-18-24-38)69-60(80)86-61(6,7)8)59(79)83-44-30-64(81)54(85-58(78)39-25-19-14-20-26-39)49-40-33-82-43(40)29-45(70)63(49,11)53(74)51(73)48(36(44)5)62(64,9)10/h12-26,34,40-45,49-52,54,70,73,81H,3,27-33H2,1-2,4-11H3,(H,65,75)(H,66,76)(H,67,71)(H,68,77)(H,69,80)/t40?,41?,42?,43?,44-,45-,49-,50-,51+,52+,54-,63+,64+/m0/s1. The third kappa shape index (κ3) is 14.5. The number of ketones is 1. The van der Waals surface area contributed by atoms with E-state index >= 15 is 9.59 Å². The van der Waals surface area contributed by atoms with Crippen LogP contribution in [0.4, 0.5) is 4.79 Å². The van der Waals surface area contributed by atoms with E-state index in [9.17, 15) is 48.9 Å². The SMILES string of the molecule is C=C(C)C(=O)NCC(=O)NC(Cc1ccccc1)C(=O)NC(CC(C)C)C(=O)NCC(=O)O[C@@H](C(=O)O[C@H]1C[C@@]2(O)[C@@H](OC(=O)c3ccccc3)[C@@H]3C4COC4C[C@H](O)[C@@]3(C)C(=O)[C@H](O)C(=C1C)C2(C)C)[C@@H](NC(=O)OC(C)(C)C)c1ccccc1. The number of amides is 5. The number of Topliss-reactive ketones (excluding diaryl/α,β-unsaturated/α-hetero) is 1. The minimum atomic E-state index is -2.32. The normalized spacial score (nSPS) is 26.1. The van der Waals surface area contributed by atoms with Crippen LogP contribution in [0.5, 0.6) is 0 Å². The molecular formula is C64H81N5O17. The summed E-state index contributed by atoms with van der Waals surface area (Å²) in [5.41, 5.74) is -5.68. The molecule has 22 nitrogen and oxygen atoms in total. The van der Waals surface area contributed by atoms with Crippen molar-refractivity contribution < 1.29 is 82.2 Å². The number of hydrogen-bond donors (Lipinski definition) is 8. The number of aliphatic hydroxyl groups is 3. The van der Waals surface area contributed by atoms with Crippen LogP contribution in [0.2, 0.25) is 0 Å². The highest BCUT2D eigenvalue weighted by molar-refractivity contribution is 5.97. The smallest absolute Gasteiger partial charge is 0.408 e. The van der Waals surface area contributed by atoms with Gasteiger partial charge in [-0.25, -0.2) is 14.4 Å². The van der Waals surface area contributed by atoms with E-state index in [1.54, 1.807) is 115 Å². The molecule has 464 valence electrons. The van der Waals surface area contributed by atoms with E-state index in [0.717, 1.165) is 0 Å². The van der Waals surface area contributed by atoms with Gasteiger partial charge in [-0.2, -0.15) is 0 Å². The van der Waals surface area contributed by atoms with Gasteiger partial charge in [-0.3, -0.25) is 28.8 Å². The van der Waals surface area contributed by atoms with E-state index in [1.807, 2.05) is 0 Å². The highest BCUT2D eigenvalue weighted by atomic mass is 16.6. The lowest BCUT2D eigenvalue weighted by molar-refractivity contribution is -0.277. The van der Waals surface area contributed by atoms with Crippen molar-refractivity contribution in [2.45, 2.75) is 161 Å². The lowest BCUT2D eigenvalue weighted by Crippen LogP contribution is -2.75. The van der Waals surface area contributed by atoms with E-state index in [-0.39, 0.29) is 59.6 Å². The predicted molar refractivity (Wildman–Crippen MR) is 311 cm³/mol. The number of esters is 3. The summed E-state index contributed by atoms with van der Waals surface area (Å²) in [6.45, 7) is 18.2. The molecule has 22 heteroatoms. The zero-order chi connectivity index (χ0) is 63.2. The summed E-state index contributed by atoms with van der Waals surface area (Å²) >= 11 is 0. The monoisotopic (exact) mass is 1190 g/mol. The van der Waals surface area contributed by atoms with Crippen molar-refractivity contribution >= 4 is 53.4 Å². The number of hydrogen-bond acceptors (Lipinski definition) is 17. The Morgan fingerprint density at radius 2 is 1.42 bits per heavy atom. The van der Waals surface area contributed by atoms with Gasteiger partial charge in [0.2, 0.25) is 29.7 Å². The number of aliphatic hydroxyl groups excluding tert-OH is 2. The Morgan fingerprint density at radius 1 is 0.802 bits per heavy atom. The number of nitrogens with one attached hydrogen (secondary N) is 5. The van der Waals surface area contributed by atoms with Crippen molar-refractivity contribution in [1.29, 1.82) is 0 Å². The van der Waals surface area contributed by atoms with Gasteiger partial charge in [-0.1, -0.05) is 113 Å². The van der Waals surface area contributed by atoms with Crippen LogP contribution in [-0.2, 0) is 63.7 Å². The molecule has 86 heavy (non-hydrogen) atoms. The maximum absolute atomic E-state index is 15.3. The maximum atomic E-state index is 15.3. The van der Waals surface area contributed by atoms with Gasteiger partial charge < -0.3 is 65.6 Å². The fourth-order valence-corrected chi connectivity index (χ4v) is 12.3. The van der Waals surface area contributed by atoms with Gasteiger partial charge >= 0.3 is 24.0 Å². The Bertz CT molecular complexity index is 3070. The number of fused-ring (bicyclic) bond motifs is 5. The largest absolute Gasteiger partial charge is 0.455 e. The van der Waals surface area contributed by atoms with E-state index < -0.39 is 162 Å². The van der Waals surface area contributed by atoms with Crippen molar-refractivity contribution in [3.63, 3.8) is 0 Å². The molecule has 4 aliphatic rings. The van der Waals surface area contributed by atoms with Gasteiger partial charge in [-0.05, 0) is 88.3 Å². The molecule has 3 fully saturated rings. The Kier molecular flexibility index (Phi) is 20.5. The lowest BCUT2D eigenvalue weighted by Gasteiger charge is -2.64. The molecule has 0 radical (unpaired) electrons. The van der Waals surface area contributed by atoms with Crippen LogP contribution in [0.3, 0.4) is 0 Å². The molecule has 5 amide bonds. The lowest BCUT2D eigenvalue weighted by atomic mass is 9.46. The number of carbonyl (C=O) groups is 9. The van der Waals surface area contributed by atoms with Crippen LogP contribution < -0.4 is 26.6 Å². The molecular weight excluding hydrogens is 1110 g/mol. The summed E-state index contributed by atoms with van der Waals surface area (Å²) < 4.78 is 30.2. The molecule has 0 aromatic heterocycles. The van der Waals surface area contributed by atoms with E-state index in [0.29, 0.717) is 5.56 Å². The Labute approximate surface area is 500 Å². The first kappa shape index (κ1) is 65.7. The third-order valence-electron chi connectivity index (χ3n) is 16.9. The fourth-order valence-electron chi connectivity index (χ4n) is 12.3. The minimum absolute atomic E-state index is 0.0114. The highest BCUT2D eigenvalue weighted by Gasteiger charge is 2.72. The molecule has 13 atom stereocenters. The molecule has 3 aromatic rings. The maximum Gasteiger partial charge on any atom is 0.408 e. The molecule has 1 aliphatic heterocycles.